The van der Waals surface area contributed by atoms with Crippen molar-refractivity contribution in [2.75, 3.05) is 39.3 Å². The van der Waals surface area contributed by atoms with Gasteiger partial charge in [-0.3, -0.25) is 14.5 Å². The molecule has 2 rings (SSSR count). The number of rotatable bonds is 7. The molecule has 1 fully saturated rings. The number of hydrogen-bond acceptors (Lipinski definition) is 4. The van der Waals surface area contributed by atoms with Crippen LogP contribution in [0, 0.1) is 12.3 Å². The summed E-state index contributed by atoms with van der Waals surface area (Å²) in [5, 5.41) is 2.67. The summed E-state index contributed by atoms with van der Waals surface area (Å²) in [6, 6.07) is 7.68. The Labute approximate surface area is 167 Å². The standard InChI is InChI=1S/C22H29N3O3/c1-4-11-23-21(26)17-24-12-6-13-25(15-14-24)22(27)10-9-19-7-5-8-20(16-19)28-18(2)3/h1,5,7-10,16,18H,6,11-15,17H2,2-3H3,(H,23,26). The maximum atomic E-state index is 12.5. The molecule has 6 nitrogen and oxygen atoms in total. The Balaban J connectivity index is 1.87. The minimum Gasteiger partial charge on any atom is -0.491 e. The maximum Gasteiger partial charge on any atom is 0.246 e. The molecule has 2 amide bonds. The lowest BCUT2D eigenvalue weighted by molar-refractivity contribution is -0.125. The maximum absolute atomic E-state index is 12.5. The first kappa shape index (κ1) is 21.5. The lowest BCUT2D eigenvalue weighted by atomic mass is 10.2. The Morgan fingerprint density at radius 3 is 2.86 bits per heavy atom. The van der Waals surface area contributed by atoms with Gasteiger partial charge in [0.1, 0.15) is 5.75 Å². The van der Waals surface area contributed by atoms with Gasteiger partial charge in [0.15, 0.2) is 0 Å². The van der Waals surface area contributed by atoms with Crippen molar-refractivity contribution in [3.63, 3.8) is 0 Å². The second-order valence-corrected chi connectivity index (χ2v) is 7.01. The van der Waals surface area contributed by atoms with Crippen LogP contribution in [0.25, 0.3) is 6.08 Å². The smallest absolute Gasteiger partial charge is 0.246 e. The van der Waals surface area contributed by atoms with Gasteiger partial charge < -0.3 is 15.0 Å². The third-order valence-electron chi connectivity index (χ3n) is 4.30. The predicted molar refractivity (Wildman–Crippen MR) is 111 cm³/mol. The molecule has 0 aliphatic carbocycles. The van der Waals surface area contributed by atoms with E-state index in [1.165, 1.54) is 0 Å². The first-order valence-corrected chi connectivity index (χ1v) is 9.64. The van der Waals surface area contributed by atoms with E-state index in [-0.39, 0.29) is 24.5 Å². The molecule has 1 aromatic rings. The van der Waals surface area contributed by atoms with Gasteiger partial charge in [0.25, 0.3) is 0 Å². The number of ether oxygens (including phenoxy) is 1. The van der Waals surface area contributed by atoms with Gasteiger partial charge in [-0.1, -0.05) is 18.1 Å². The fraction of sp³-hybridized carbons (Fsp3) is 0.455. The molecule has 0 unspecified atom stereocenters. The highest BCUT2D eigenvalue weighted by Gasteiger charge is 2.19. The fourth-order valence-electron chi connectivity index (χ4n) is 2.99. The molecule has 150 valence electrons. The molecule has 0 radical (unpaired) electrons. The van der Waals surface area contributed by atoms with E-state index in [0.29, 0.717) is 26.2 Å². The highest BCUT2D eigenvalue weighted by Crippen LogP contribution is 2.16. The summed E-state index contributed by atoms with van der Waals surface area (Å²) in [5.74, 6) is 3.08. The van der Waals surface area contributed by atoms with Crippen LogP contribution in [0.2, 0.25) is 0 Å². The largest absolute Gasteiger partial charge is 0.491 e. The van der Waals surface area contributed by atoms with Gasteiger partial charge in [-0.2, -0.15) is 0 Å². The van der Waals surface area contributed by atoms with Gasteiger partial charge >= 0.3 is 0 Å². The number of terminal acetylenes is 1. The van der Waals surface area contributed by atoms with Crippen molar-refractivity contribution >= 4 is 17.9 Å². The van der Waals surface area contributed by atoms with Crippen molar-refractivity contribution in [2.24, 2.45) is 0 Å². The highest BCUT2D eigenvalue weighted by molar-refractivity contribution is 5.91. The molecule has 1 aliphatic heterocycles. The van der Waals surface area contributed by atoms with Crippen LogP contribution < -0.4 is 10.1 Å². The molecular formula is C22H29N3O3. The van der Waals surface area contributed by atoms with Gasteiger partial charge in [0.2, 0.25) is 11.8 Å². The second-order valence-electron chi connectivity index (χ2n) is 7.01. The van der Waals surface area contributed by atoms with E-state index in [4.69, 9.17) is 11.2 Å². The van der Waals surface area contributed by atoms with E-state index in [0.717, 1.165) is 24.3 Å². The first-order valence-electron chi connectivity index (χ1n) is 9.64. The SMILES string of the molecule is C#CCNC(=O)CN1CCCN(C(=O)C=Cc2cccc(OC(C)C)c2)CC1. The van der Waals surface area contributed by atoms with Crippen LogP contribution in [0.5, 0.6) is 5.75 Å². The molecule has 0 bridgehead atoms. The average Bonchev–Trinajstić information content (AvgIpc) is 2.90. The molecule has 1 saturated heterocycles. The summed E-state index contributed by atoms with van der Waals surface area (Å²) in [6.07, 6.45) is 9.50. The lowest BCUT2D eigenvalue weighted by Crippen LogP contribution is -2.39. The van der Waals surface area contributed by atoms with Gasteiger partial charge in [-0.25, -0.2) is 0 Å². The Kier molecular flexibility index (Phi) is 8.57. The number of carbonyl (C=O) groups excluding carboxylic acids is 2. The van der Waals surface area contributed by atoms with Gasteiger partial charge in [0.05, 0.1) is 19.2 Å². The molecule has 1 N–H and O–H groups in total. The van der Waals surface area contributed by atoms with Crippen molar-refractivity contribution in [2.45, 2.75) is 26.4 Å². The van der Waals surface area contributed by atoms with Crippen molar-refractivity contribution in [3.8, 4) is 18.1 Å². The predicted octanol–water partition coefficient (Wildman–Crippen LogP) is 1.77. The topological polar surface area (TPSA) is 61.9 Å². The van der Waals surface area contributed by atoms with Gasteiger partial charge in [-0.15, -0.1) is 6.42 Å². The molecule has 0 spiro atoms. The van der Waals surface area contributed by atoms with Gasteiger partial charge in [-0.05, 0) is 44.0 Å². The van der Waals surface area contributed by atoms with Crippen molar-refractivity contribution < 1.29 is 14.3 Å². The Morgan fingerprint density at radius 1 is 1.29 bits per heavy atom. The molecular weight excluding hydrogens is 354 g/mol. The van der Waals surface area contributed by atoms with Crippen molar-refractivity contribution in [1.29, 1.82) is 0 Å². The summed E-state index contributed by atoms with van der Waals surface area (Å²) in [7, 11) is 0. The number of amides is 2. The van der Waals surface area contributed by atoms with Crippen LogP contribution in [0.1, 0.15) is 25.8 Å². The van der Waals surface area contributed by atoms with E-state index in [9.17, 15) is 9.59 Å². The number of nitrogens with one attached hydrogen (secondary N) is 1. The summed E-state index contributed by atoms with van der Waals surface area (Å²) < 4.78 is 5.68. The molecule has 0 aromatic heterocycles. The fourth-order valence-corrected chi connectivity index (χ4v) is 2.99. The molecule has 0 saturated carbocycles. The van der Waals surface area contributed by atoms with Crippen LogP contribution in [0.3, 0.4) is 0 Å². The van der Waals surface area contributed by atoms with Crippen LogP contribution in [-0.4, -0.2) is 67.0 Å². The van der Waals surface area contributed by atoms with E-state index >= 15 is 0 Å². The first-order chi connectivity index (χ1) is 13.5. The number of nitrogens with zero attached hydrogens (tertiary/aromatic N) is 2. The summed E-state index contributed by atoms with van der Waals surface area (Å²) in [4.78, 5) is 28.2. The van der Waals surface area contributed by atoms with Crippen LogP contribution in [0.15, 0.2) is 30.3 Å². The van der Waals surface area contributed by atoms with Crippen molar-refractivity contribution in [1.82, 2.24) is 15.1 Å². The van der Waals surface area contributed by atoms with Crippen LogP contribution >= 0.6 is 0 Å². The number of benzene rings is 1. The quantitative estimate of drug-likeness (QED) is 0.576. The molecule has 0 atom stereocenters. The monoisotopic (exact) mass is 383 g/mol. The Hall–Kier alpha value is -2.78. The summed E-state index contributed by atoms with van der Waals surface area (Å²) in [5.41, 5.74) is 0.924. The van der Waals surface area contributed by atoms with Crippen LogP contribution in [-0.2, 0) is 9.59 Å². The highest BCUT2D eigenvalue weighted by atomic mass is 16.5. The zero-order valence-corrected chi connectivity index (χ0v) is 16.7. The average molecular weight is 383 g/mol. The Morgan fingerprint density at radius 2 is 2.11 bits per heavy atom. The van der Waals surface area contributed by atoms with Crippen molar-refractivity contribution in [3.05, 3.63) is 35.9 Å². The van der Waals surface area contributed by atoms with Gasteiger partial charge in [0, 0.05) is 32.3 Å². The zero-order valence-electron chi connectivity index (χ0n) is 16.7. The number of hydrogen-bond donors (Lipinski definition) is 1. The minimum absolute atomic E-state index is 0.0196. The Bertz CT molecular complexity index is 737. The zero-order chi connectivity index (χ0) is 20.4. The second kappa shape index (κ2) is 11.2. The summed E-state index contributed by atoms with van der Waals surface area (Å²) in [6.45, 7) is 7.24. The summed E-state index contributed by atoms with van der Waals surface area (Å²) >= 11 is 0. The van der Waals surface area contributed by atoms with E-state index in [1.807, 2.05) is 49.1 Å². The molecule has 1 aliphatic rings. The van der Waals surface area contributed by atoms with E-state index in [2.05, 4.69) is 16.1 Å². The van der Waals surface area contributed by atoms with E-state index < -0.39 is 0 Å². The minimum atomic E-state index is -0.0823. The normalized spacial score (nSPS) is 15.3. The van der Waals surface area contributed by atoms with E-state index in [1.54, 1.807) is 6.08 Å². The molecule has 1 aromatic carbocycles. The molecule has 28 heavy (non-hydrogen) atoms. The molecule has 1 heterocycles. The number of carbonyl (C=O) groups is 2. The third-order valence-corrected chi connectivity index (χ3v) is 4.30. The third kappa shape index (κ3) is 7.45. The molecule has 6 heteroatoms. The van der Waals surface area contributed by atoms with Crippen LogP contribution in [0.4, 0.5) is 0 Å². The lowest BCUT2D eigenvalue weighted by Gasteiger charge is -2.20.